The predicted molar refractivity (Wildman–Crippen MR) is 104 cm³/mol. The molecule has 1 heterocycles. The van der Waals surface area contributed by atoms with E-state index >= 15 is 0 Å². The van der Waals surface area contributed by atoms with Crippen molar-refractivity contribution < 1.29 is 4.79 Å². The fourth-order valence-corrected chi connectivity index (χ4v) is 2.90. The molecule has 24 heavy (non-hydrogen) atoms. The molecule has 0 saturated heterocycles. The summed E-state index contributed by atoms with van der Waals surface area (Å²) in [6.07, 6.45) is 1.43. The Balaban J connectivity index is 0.00000144. The lowest BCUT2D eigenvalue weighted by Crippen LogP contribution is -2.22. The van der Waals surface area contributed by atoms with Crippen molar-refractivity contribution in [1.82, 2.24) is 0 Å². The monoisotopic (exact) mass is 367 g/mol. The summed E-state index contributed by atoms with van der Waals surface area (Å²) < 4.78 is 0. The highest BCUT2D eigenvalue weighted by Gasteiger charge is 2.19. The normalized spacial score (nSPS) is 12.0. The maximum atomic E-state index is 11.8. The molecule has 0 spiro atoms. The second-order valence-corrected chi connectivity index (χ2v) is 5.54. The van der Waals surface area contributed by atoms with E-state index in [1.807, 2.05) is 18.2 Å². The maximum Gasteiger partial charge on any atom is 0.225 e. The summed E-state index contributed by atoms with van der Waals surface area (Å²) in [6.45, 7) is 2.19. The molecule has 0 unspecified atom stereocenters. The van der Waals surface area contributed by atoms with Crippen LogP contribution < -0.4 is 16.0 Å². The van der Waals surface area contributed by atoms with E-state index in [0.29, 0.717) is 13.0 Å². The molecule has 3 N–H and O–H groups in total. The fourth-order valence-electron chi connectivity index (χ4n) is 2.90. The van der Waals surface area contributed by atoms with Crippen LogP contribution in [0.1, 0.15) is 17.5 Å². The number of para-hydroxylation sites is 2. The zero-order valence-electron chi connectivity index (χ0n) is 13.4. The Morgan fingerprint density at radius 3 is 2.58 bits per heavy atom. The van der Waals surface area contributed by atoms with E-state index in [9.17, 15) is 4.79 Å². The third kappa shape index (κ3) is 4.63. The lowest BCUT2D eigenvalue weighted by molar-refractivity contribution is -0.116. The molecule has 3 rings (SSSR count). The van der Waals surface area contributed by atoms with E-state index in [0.717, 1.165) is 30.8 Å². The van der Waals surface area contributed by atoms with Gasteiger partial charge in [0, 0.05) is 37.4 Å². The largest absolute Gasteiger partial charge is 0.367 e. The van der Waals surface area contributed by atoms with E-state index in [1.54, 1.807) is 0 Å². The van der Waals surface area contributed by atoms with Crippen LogP contribution in [0.15, 0.2) is 48.5 Å². The molecule has 6 heteroatoms. The molecule has 0 fully saturated rings. The highest BCUT2D eigenvalue weighted by Crippen LogP contribution is 2.30. The first-order valence-corrected chi connectivity index (χ1v) is 7.68. The van der Waals surface area contributed by atoms with Crippen LogP contribution in [0.25, 0.3) is 0 Å². The maximum absolute atomic E-state index is 11.8. The average Bonchev–Trinajstić information content (AvgIpc) is 2.93. The van der Waals surface area contributed by atoms with Crippen LogP contribution in [0.3, 0.4) is 0 Å². The van der Waals surface area contributed by atoms with Gasteiger partial charge in [-0.3, -0.25) is 4.79 Å². The van der Waals surface area contributed by atoms with Crippen molar-refractivity contribution in [2.45, 2.75) is 19.4 Å². The Bertz CT molecular complexity index is 679. The fraction of sp³-hybridized carbons (Fsp3) is 0.278. The number of carbonyl (C=O) groups is 1. The number of anilines is 2. The van der Waals surface area contributed by atoms with Gasteiger partial charge in [-0.2, -0.15) is 0 Å². The second kappa shape index (κ2) is 9.52. The first-order valence-electron chi connectivity index (χ1n) is 7.68. The number of nitrogens with two attached hydrogens (primary N) is 1. The molecular formula is C18H23Cl2N3O. The summed E-state index contributed by atoms with van der Waals surface area (Å²) in [6, 6.07) is 16.5. The van der Waals surface area contributed by atoms with Crippen molar-refractivity contribution in [3.05, 3.63) is 59.7 Å². The number of nitrogens with zero attached hydrogens (tertiary/aromatic N) is 1. The quantitative estimate of drug-likeness (QED) is 0.851. The summed E-state index contributed by atoms with van der Waals surface area (Å²) >= 11 is 0. The molecule has 2 aromatic rings. The predicted octanol–water partition coefficient (Wildman–Crippen LogP) is 3.38. The van der Waals surface area contributed by atoms with Gasteiger partial charge in [0.25, 0.3) is 0 Å². The van der Waals surface area contributed by atoms with Crippen LogP contribution in [-0.2, 0) is 17.8 Å². The smallest absolute Gasteiger partial charge is 0.225 e. The standard InChI is InChI=1S/C18H21N3O.2ClH/c19-11-9-18(22)20-16-7-3-1-6-15(16)13-21-12-10-14-5-2-4-8-17(14)21;;/h1-8H,9-13,19H2,(H,20,22);2*1H. The summed E-state index contributed by atoms with van der Waals surface area (Å²) in [4.78, 5) is 14.2. The number of amides is 1. The lowest BCUT2D eigenvalue weighted by atomic mass is 10.1. The molecule has 0 aliphatic carbocycles. The van der Waals surface area contributed by atoms with Crippen molar-refractivity contribution in [1.29, 1.82) is 0 Å². The van der Waals surface area contributed by atoms with Crippen LogP contribution in [-0.4, -0.2) is 19.0 Å². The average molecular weight is 368 g/mol. The van der Waals surface area contributed by atoms with E-state index in [4.69, 9.17) is 5.73 Å². The van der Waals surface area contributed by atoms with E-state index < -0.39 is 0 Å². The number of carbonyl (C=O) groups excluding carboxylic acids is 1. The third-order valence-corrected chi connectivity index (χ3v) is 4.01. The number of nitrogens with one attached hydrogen (secondary N) is 1. The highest BCUT2D eigenvalue weighted by molar-refractivity contribution is 5.91. The van der Waals surface area contributed by atoms with Crippen LogP contribution in [0.4, 0.5) is 11.4 Å². The first-order chi connectivity index (χ1) is 10.8. The Kier molecular flexibility index (Phi) is 8.05. The Morgan fingerprint density at radius 1 is 1.08 bits per heavy atom. The molecule has 4 nitrogen and oxygen atoms in total. The van der Waals surface area contributed by atoms with Gasteiger partial charge in [-0.15, -0.1) is 24.8 Å². The summed E-state index contributed by atoms with van der Waals surface area (Å²) in [5, 5.41) is 2.96. The first kappa shape index (κ1) is 20.3. The number of rotatable bonds is 5. The number of hydrogen-bond donors (Lipinski definition) is 2. The van der Waals surface area contributed by atoms with Crippen LogP contribution in [0.2, 0.25) is 0 Å². The van der Waals surface area contributed by atoms with Gasteiger partial charge < -0.3 is 16.0 Å². The van der Waals surface area contributed by atoms with Crippen molar-refractivity contribution >= 4 is 42.1 Å². The van der Waals surface area contributed by atoms with Crippen molar-refractivity contribution in [2.75, 3.05) is 23.3 Å². The van der Waals surface area contributed by atoms with Crippen molar-refractivity contribution in [2.24, 2.45) is 5.73 Å². The third-order valence-electron chi connectivity index (χ3n) is 4.01. The molecule has 0 saturated carbocycles. The molecule has 0 aromatic heterocycles. The van der Waals surface area contributed by atoms with E-state index in [1.165, 1.54) is 11.3 Å². The lowest BCUT2D eigenvalue weighted by Gasteiger charge is -2.21. The molecule has 1 aliphatic rings. The van der Waals surface area contributed by atoms with Gasteiger partial charge in [0.15, 0.2) is 0 Å². The number of benzene rings is 2. The van der Waals surface area contributed by atoms with Crippen LogP contribution in [0, 0.1) is 0 Å². The molecule has 1 amide bonds. The number of halogens is 2. The number of fused-ring (bicyclic) bond motifs is 1. The van der Waals surface area contributed by atoms with Gasteiger partial charge >= 0.3 is 0 Å². The van der Waals surface area contributed by atoms with Gasteiger partial charge in [-0.05, 0) is 29.7 Å². The van der Waals surface area contributed by atoms with E-state index in [-0.39, 0.29) is 30.7 Å². The Hall–Kier alpha value is -1.75. The minimum Gasteiger partial charge on any atom is -0.367 e. The highest BCUT2D eigenvalue weighted by atomic mass is 35.5. The molecular weight excluding hydrogens is 345 g/mol. The SMILES string of the molecule is Cl.Cl.NCCC(=O)Nc1ccccc1CN1CCc2ccccc21. The van der Waals surface area contributed by atoms with Gasteiger partial charge in [0.05, 0.1) is 0 Å². The van der Waals surface area contributed by atoms with Gasteiger partial charge in [0.2, 0.25) is 5.91 Å². The van der Waals surface area contributed by atoms with Gasteiger partial charge in [-0.1, -0.05) is 36.4 Å². The van der Waals surface area contributed by atoms with Crippen LogP contribution >= 0.6 is 24.8 Å². The molecule has 0 atom stereocenters. The second-order valence-electron chi connectivity index (χ2n) is 5.54. The van der Waals surface area contributed by atoms with Crippen LogP contribution in [0.5, 0.6) is 0 Å². The summed E-state index contributed by atoms with van der Waals surface area (Å²) in [7, 11) is 0. The minimum absolute atomic E-state index is 0. The zero-order chi connectivity index (χ0) is 15.4. The van der Waals surface area contributed by atoms with Gasteiger partial charge in [-0.25, -0.2) is 0 Å². The topological polar surface area (TPSA) is 58.4 Å². The minimum atomic E-state index is -0.0308. The number of hydrogen-bond acceptors (Lipinski definition) is 3. The summed E-state index contributed by atoms with van der Waals surface area (Å²) in [5.74, 6) is -0.0308. The Morgan fingerprint density at radius 2 is 1.79 bits per heavy atom. The molecule has 0 bridgehead atoms. The summed E-state index contributed by atoms with van der Waals surface area (Å²) in [5.41, 5.74) is 10.1. The molecule has 2 aromatic carbocycles. The van der Waals surface area contributed by atoms with Gasteiger partial charge in [0.1, 0.15) is 0 Å². The molecule has 0 radical (unpaired) electrons. The molecule has 130 valence electrons. The van der Waals surface area contributed by atoms with Crippen molar-refractivity contribution in [3.8, 4) is 0 Å². The van der Waals surface area contributed by atoms with Crippen molar-refractivity contribution in [3.63, 3.8) is 0 Å². The molecule has 1 aliphatic heterocycles. The van der Waals surface area contributed by atoms with E-state index in [2.05, 4.69) is 40.5 Å². The Labute approximate surface area is 155 Å². The zero-order valence-corrected chi connectivity index (χ0v) is 15.0.